The molecule has 5 rings (SSSR count). The van der Waals surface area contributed by atoms with Gasteiger partial charge in [0.25, 0.3) is 0 Å². The number of aromatic nitrogens is 1. The van der Waals surface area contributed by atoms with Gasteiger partial charge in [0.15, 0.2) is 22.5 Å². The molecule has 6 nitrogen and oxygen atoms in total. The van der Waals surface area contributed by atoms with E-state index in [1.54, 1.807) is 12.1 Å². The summed E-state index contributed by atoms with van der Waals surface area (Å²) in [5, 5.41) is 13.3. The van der Waals surface area contributed by atoms with Crippen molar-refractivity contribution < 1.29 is 28.2 Å². The molecule has 5 aromatic rings. The third-order valence-corrected chi connectivity index (χ3v) is 7.75. The molecule has 1 heterocycles. The Morgan fingerprint density at radius 1 is 0.951 bits per heavy atom. The largest absolute Gasteiger partial charge is 0.495 e. The van der Waals surface area contributed by atoms with Gasteiger partial charge in [-0.1, -0.05) is 72.0 Å². The molecule has 0 aliphatic heterocycles. The van der Waals surface area contributed by atoms with E-state index >= 15 is 0 Å². The lowest BCUT2D eigenvalue weighted by molar-refractivity contribution is -0.141. The number of carbonyl (C=O) groups excluding carboxylic acids is 1. The van der Waals surface area contributed by atoms with Crippen LogP contribution in [0.4, 0.5) is 19.6 Å². The Morgan fingerprint density at radius 3 is 2.37 bits per heavy atom. The number of hydrogen-bond acceptors (Lipinski definition) is 6. The first kappa shape index (κ1) is 27.9. The highest BCUT2D eigenvalue weighted by Gasteiger charge is 2.22. The van der Waals surface area contributed by atoms with Crippen molar-refractivity contribution in [1.82, 2.24) is 4.98 Å². The molecular formula is C32H26F2N2O4S. The van der Waals surface area contributed by atoms with Crippen LogP contribution < -0.4 is 10.1 Å². The molecule has 9 heteroatoms. The predicted octanol–water partition coefficient (Wildman–Crippen LogP) is 7.90. The summed E-state index contributed by atoms with van der Waals surface area (Å²) in [5.41, 5.74) is 4.15. The maximum atomic E-state index is 13.6. The highest BCUT2D eigenvalue weighted by Crippen LogP contribution is 2.36. The zero-order valence-corrected chi connectivity index (χ0v) is 22.9. The third kappa shape index (κ3) is 6.58. The fourth-order valence-corrected chi connectivity index (χ4v) is 5.44. The molecule has 41 heavy (non-hydrogen) atoms. The topological polar surface area (TPSA) is 88.5 Å². The number of nitrogens with one attached hydrogen (secondary N) is 1. The number of rotatable bonds is 11. The Morgan fingerprint density at radius 2 is 1.66 bits per heavy atom. The second kappa shape index (κ2) is 12.3. The lowest BCUT2D eigenvalue weighted by Gasteiger charge is -2.13. The van der Waals surface area contributed by atoms with Crippen LogP contribution in [0.2, 0.25) is 0 Å². The van der Waals surface area contributed by atoms with E-state index in [0.29, 0.717) is 45.2 Å². The zero-order chi connectivity index (χ0) is 28.9. The maximum Gasteiger partial charge on any atom is 0.306 e. The minimum Gasteiger partial charge on any atom is -0.495 e. The number of Topliss-reactive ketones (excluding diaryl/α,β-unsaturated/α-hetero) is 1. The van der Waals surface area contributed by atoms with Crippen molar-refractivity contribution in [2.24, 2.45) is 5.92 Å². The number of thiazole rings is 1. The number of carboxylic acid groups (broad SMARTS) is 1. The molecule has 0 saturated heterocycles. The Labute approximate surface area is 239 Å². The van der Waals surface area contributed by atoms with Gasteiger partial charge in [0.05, 0.1) is 28.9 Å². The van der Waals surface area contributed by atoms with Crippen molar-refractivity contribution in [3.05, 3.63) is 108 Å². The lowest BCUT2D eigenvalue weighted by atomic mass is 9.92. The molecule has 2 N–H and O–H groups in total. The summed E-state index contributed by atoms with van der Waals surface area (Å²) in [6.07, 6.45) is 0.904. The van der Waals surface area contributed by atoms with E-state index in [-0.39, 0.29) is 12.2 Å². The van der Waals surface area contributed by atoms with E-state index in [4.69, 9.17) is 4.74 Å². The van der Waals surface area contributed by atoms with Crippen LogP contribution in [0.1, 0.15) is 28.8 Å². The van der Waals surface area contributed by atoms with E-state index in [1.807, 2.05) is 60.7 Å². The molecule has 0 radical (unpaired) electrons. The summed E-state index contributed by atoms with van der Waals surface area (Å²) in [6.45, 7) is 0. The average molecular weight is 573 g/mol. The molecule has 0 spiro atoms. The summed E-state index contributed by atoms with van der Waals surface area (Å²) in [5.74, 6) is -3.30. The number of benzene rings is 4. The third-order valence-electron chi connectivity index (χ3n) is 6.82. The van der Waals surface area contributed by atoms with Crippen molar-refractivity contribution in [2.75, 3.05) is 12.4 Å². The number of anilines is 2. The second-order valence-corrected chi connectivity index (χ2v) is 10.6. The van der Waals surface area contributed by atoms with Crippen molar-refractivity contribution in [3.63, 3.8) is 0 Å². The molecule has 0 fully saturated rings. The molecule has 1 aromatic heterocycles. The predicted molar refractivity (Wildman–Crippen MR) is 156 cm³/mol. The monoisotopic (exact) mass is 572 g/mol. The quantitative estimate of drug-likeness (QED) is 0.156. The molecule has 0 amide bonds. The molecule has 0 aliphatic rings. The Balaban J connectivity index is 1.27. The van der Waals surface area contributed by atoms with Gasteiger partial charge in [0.1, 0.15) is 5.75 Å². The molecule has 4 aromatic carbocycles. The van der Waals surface area contributed by atoms with Gasteiger partial charge < -0.3 is 15.2 Å². The molecule has 1 unspecified atom stereocenters. The van der Waals surface area contributed by atoms with Gasteiger partial charge in [-0.05, 0) is 47.7 Å². The van der Waals surface area contributed by atoms with Crippen LogP contribution in [0, 0.1) is 17.6 Å². The standard InChI is InChI=1S/C32H26F2N2O4S/c1-40-29-16-22(13-14-26(29)35-32-36-27-17-24(33)25(34)18-30(27)41-32)20-9-11-21(12-10-20)28(37)15-23(31(38)39)8-7-19-5-3-2-4-6-19/h2-6,9-14,16-18,23H,7-8,15H2,1H3,(H,35,36)(H,38,39). The Hall–Kier alpha value is -4.63. The van der Waals surface area contributed by atoms with Crippen LogP contribution in [0.25, 0.3) is 21.3 Å². The van der Waals surface area contributed by atoms with Gasteiger partial charge >= 0.3 is 5.97 Å². The fraction of sp³-hybridized carbons (Fsp3) is 0.156. The number of ketones is 1. The van der Waals surface area contributed by atoms with E-state index in [2.05, 4.69) is 10.3 Å². The van der Waals surface area contributed by atoms with Gasteiger partial charge in [0, 0.05) is 18.1 Å². The van der Waals surface area contributed by atoms with Gasteiger partial charge in [-0.3, -0.25) is 9.59 Å². The van der Waals surface area contributed by atoms with E-state index in [1.165, 1.54) is 18.4 Å². The van der Waals surface area contributed by atoms with Gasteiger partial charge in [-0.25, -0.2) is 13.8 Å². The highest BCUT2D eigenvalue weighted by atomic mass is 32.1. The second-order valence-electron chi connectivity index (χ2n) is 9.56. The number of fused-ring (bicyclic) bond motifs is 1. The number of methoxy groups -OCH3 is 1. The highest BCUT2D eigenvalue weighted by molar-refractivity contribution is 7.22. The normalized spacial score (nSPS) is 11.8. The van der Waals surface area contributed by atoms with Crippen LogP contribution in [0.5, 0.6) is 5.75 Å². The molecule has 0 bridgehead atoms. The van der Waals surface area contributed by atoms with Gasteiger partial charge in [-0.15, -0.1) is 0 Å². The van der Waals surface area contributed by atoms with E-state index in [0.717, 1.165) is 28.8 Å². The van der Waals surface area contributed by atoms with Crippen molar-refractivity contribution in [2.45, 2.75) is 19.3 Å². The zero-order valence-electron chi connectivity index (χ0n) is 22.1. The first-order chi connectivity index (χ1) is 19.8. The van der Waals surface area contributed by atoms with Crippen molar-refractivity contribution in [3.8, 4) is 16.9 Å². The summed E-state index contributed by atoms with van der Waals surface area (Å²) in [6, 6.07) is 24.3. The summed E-state index contributed by atoms with van der Waals surface area (Å²) in [4.78, 5) is 29.0. The number of aliphatic carboxylic acids is 1. The number of aryl methyl sites for hydroxylation is 1. The molecule has 0 saturated carbocycles. The first-order valence-electron chi connectivity index (χ1n) is 12.9. The molecule has 0 aliphatic carbocycles. The Kier molecular flexibility index (Phi) is 8.35. The van der Waals surface area contributed by atoms with Crippen molar-refractivity contribution >= 4 is 44.1 Å². The fourth-order valence-electron chi connectivity index (χ4n) is 4.55. The van der Waals surface area contributed by atoms with Crippen LogP contribution in [0.15, 0.2) is 84.9 Å². The van der Waals surface area contributed by atoms with Crippen LogP contribution in [-0.4, -0.2) is 29.0 Å². The first-order valence-corrected chi connectivity index (χ1v) is 13.7. The van der Waals surface area contributed by atoms with Crippen LogP contribution in [0.3, 0.4) is 0 Å². The van der Waals surface area contributed by atoms with Gasteiger partial charge in [-0.2, -0.15) is 0 Å². The number of carbonyl (C=O) groups is 2. The molecular weight excluding hydrogens is 546 g/mol. The minimum atomic E-state index is -0.975. The van der Waals surface area contributed by atoms with Crippen LogP contribution >= 0.6 is 11.3 Å². The van der Waals surface area contributed by atoms with Crippen molar-refractivity contribution in [1.29, 1.82) is 0 Å². The minimum absolute atomic E-state index is 0.0687. The number of halogens is 2. The number of carboxylic acids is 1. The maximum absolute atomic E-state index is 13.6. The average Bonchev–Trinajstić information content (AvgIpc) is 3.36. The van der Waals surface area contributed by atoms with E-state index in [9.17, 15) is 23.5 Å². The summed E-state index contributed by atoms with van der Waals surface area (Å²) < 4.78 is 33.2. The van der Waals surface area contributed by atoms with Gasteiger partial charge in [0.2, 0.25) is 0 Å². The number of ether oxygens (including phenoxy) is 1. The summed E-state index contributed by atoms with van der Waals surface area (Å²) >= 11 is 1.19. The smallest absolute Gasteiger partial charge is 0.306 e. The number of hydrogen-bond donors (Lipinski definition) is 2. The SMILES string of the molecule is COc1cc(-c2ccc(C(=O)CC(CCc3ccccc3)C(=O)O)cc2)ccc1Nc1nc2cc(F)c(F)cc2s1. The molecule has 208 valence electrons. The Bertz CT molecular complexity index is 1670. The molecule has 1 atom stereocenters. The number of nitrogens with zero attached hydrogens (tertiary/aromatic N) is 1. The summed E-state index contributed by atoms with van der Waals surface area (Å²) in [7, 11) is 1.53. The van der Waals surface area contributed by atoms with Crippen LogP contribution in [-0.2, 0) is 11.2 Å². The lowest BCUT2D eigenvalue weighted by Crippen LogP contribution is -2.19. The van der Waals surface area contributed by atoms with E-state index < -0.39 is 23.5 Å².